The van der Waals surface area contributed by atoms with Crippen LogP contribution in [0.2, 0.25) is 0 Å². The summed E-state index contributed by atoms with van der Waals surface area (Å²) in [4.78, 5) is 6.80. The molecule has 0 amide bonds. The fourth-order valence-electron chi connectivity index (χ4n) is 2.68. The van der Waals surface area contributed by atoms with Crippen molar-refractivity contribution >= 4 is 0 Å². The van der Waals surface area contributed by atoms with Crippen molar-refractivity contribution < 1.29 is 0 Å². The second-order valence-corrected chi connectivity index (χ2v) is 5.41. The highest BCUT2D eigenvalue weighted by molar-refractivity contribution is 5.21. The Bertz CT molecular complexity index is 357. The van der Waals surface area contributed by atoms with Crippen molar-refractivity contribution in [1.82, 2.24) is 15.2 Å². The monoisotopic (exact) mass is 247 g/mol. The Balaban J connectivity index is 1.78. The highest BCUT2D eigenvalue weighted by Gasteiger charge is 2.19. The van der Waals surface area contributed by atoms with Gasteiger partial charge in [-0.2, -0.15) is 0 Å². The van der Waals surface area contributed by atoms with Gasteiger partial charge in [-0.1, -0.05) is 0 Å². The van der Waals surface area contributed by atoms with Gasteiger partial charge in [0.2, 0.25) is 0 Å². The first-order chi connectivity index (χ1) is 8.79. The van der Waals surface area contributed by atoms with Gasteiger partial charge in [0.25, 0.3) is 0 Å². The molecular formula is C15H25N3. The lowest BCUT2D eigenvalue weighted by Crippen LogP contribution is -2.34. The van der Waals surface area contributed by atoms with Gasteiger partial charge in [-0.05, 0) is 76.0 Å². The lowest BCUT2D eigenvalue weighted by atomic mass is 9.93. The van der Waals surface area contributed by atoms with Crippen molar-refractivity contribution in [2.24, 2.45) is 5.92 Å². The van der Waals surface area contributed by atoms with Crippen LogP contribution in [-0.2, 0) is 6.54 Å². The Labute approximate surface area is 111 Å². The maximum Gasteiger partial charge on any atom is 0.0315 e. The van der Waals surface area contributed by atoms with Crippen molar-refractivity contribution in [3.05, 3.63) is 29.6 Å². The van der Waals surface area contributed by atoms with Gasteiger partial charge >= 0.3 is 0 Å². The summed E-state index contributed by atoms with van der Waals surface area (Å²) in [5.74, 6) is 0.920. The summed E-state index contributed by atoms with van der Waals surface area (Å²) in [6.45, 7) is 6.88. The van der Waals surface area contributed by atoms with E-state index in [1.165, 1.54) is 43.5 Å². The van der Waals surface area contributed by atoms with Crippen molar-refractivity contribution in [2.75, 3.05) is 26.7 Å². The Morgan fingerprint density at radius 3 is 2.83 bits per heavy atom. The van der Waals surface area contributed by atoms with Gasteiger partial charge in [0.15, 0.2) is 0 Å². The highest BCUT2D eigenvalue weighted by Crippen LogP contribution is 2.21. The summed E-state index contributed by atoms with van der Waals surface area (Å²) in [5.41, 5.74) is 2.74. The standard InChI is InChI=1S/C15H25N3/c1-13-3-8-17-11-15(13)12-18-9-5-14(6-10-18)4-7-16-2/h3,8,11,14,16H,4-7,9-10,12H2,1-2H3. The Hall–Kier alpha value is -0.930. The number of aryl methyl sites for hydroxylation is 1. The van der Waals surface area contributed by atoms with Crippen molar-refractivity contribution in [3.63, 3.8) is 0 Å². The molecule has 100 valence electrons. The second-order valence-electron chi connectivity index (χ2n) is 5.41. The molecule has 18 heavy (non-hydrogen) atoms. The molecule has 1 aromatic heterocycles. The Morgan fingerprint density at radius 1 is 1.39 bits per heavy atom. The van der Waals surface area contributed by atoms with Crippen molar-refractivity contribution in [2.45, 2.75) is 32.7 Å². The molecule has 0 aromatic carbocycles. The zero-order valence-corrected chi connectivity index (χ0v) is 11.7. The predicted molar refractivity (Wildman–Crippen MR) is 75.5 cm³/mol. The summed E-state index contributed by atoms with van der Waals surface area (Å²) in [7, 11) is 2.04. The fraction of sp³-hybridized carbons (Fsp3) is 0.667. The minimum absolute atomic E-state index is 0.920. The predicted octanol–water partition coefficient (Wildman–Crippen LogP) is 2.21. The smallest absolute Gasteiger partial charge is 0.0315 e. The summed E-state index contributed by atoms with van der Waals surface area (Å²) >= 11 is 0. The summed E-state index contributed by atoms with van der Waals surface area (Å²) in [6.07, 6.45) is 7.92. The third-order valence-electron chi connectivity index (χ3n) is 4.05. The van der Waals surface area contributed by atoms with E-state index in [2.05, 4.69) is 28.2 Å². The Morgan fingerprint density at radius 2 is 2.17 bits per heavy atom. The molecule has 1 fully saturated rings. The van der Waals surface area contributed by atoms with Crippen LogP contribution in [0.25, 0.3) is 0 Å². The van der Waals surface area contributed by atoms with E-state index in [9.17, 15) is 0 Å². The van der Waals surface area contributed by atoms with Crippen molar-refractivity contribution in [3.8, 4) is 0 Å². The van der Waals surface area contributed by atoms with Gasteiger partial charge in [-0.25, -0.2) is 0 Å². The molecule has 0 spiro atoms. The third kappa shape index (κ3) is 3.79. The number of pyridine rings is 1. The third-order valence-corrected chi connectivity index (χ3v) is 4.05. The normalized spacial score (nSPS) is 18.1. The molecule has 2 rings (SSSR count). The maximum absolute atomic E-state index is 4.23. The molecule has 2 heterocycles. The first-order valence-electron chi connectivity index (χ1n) is 7.06. The average molecular weight is 247 g/mol. The van der Waals surface area contributed by atoms with Crippen LogP contribution in [0.1, 0.15) is 30.4 Å². The van der Waals surface area contributed by atoms with E-state index < -0.39 is 0 Å². The number of rotatable bonds is 5. The number of aromatic nitrogens is 1. The van der Waals surface area contributed by atoms with Crippen LogP contribution in [0, 0.1) is 12.8 Å². The van der Waals surface area contributed by atoms with E-state index in [0.29, 0.717) is 0 Å². The first kappa shape index (κ1) is 13.5. The number of likely N-dealkylation sites (tertiary alicyclic amines) is 1. The molecule has 0 bridgehead atoms. The van der Waals surface area contributed by atoms with Crippen LogP contribution in [0.5, 0.6) is 0 Å². The van der Waals surface area contributed by atoms with Crippen molar-refractivity contribution in [1.29, 1.82) is 0 Å². The van der Waals surface area contributed by atoms with Gasteiger partial charge in [0.1, 0.15) is 0 Å². The first-order valence-corrected chi connectivity index (χ1v) is 7.06. The largest absolute Gasteiger partial charge is 0.320 e. The van der Waals surface area contributed by atoms with Crippen LogP contribution in [0.3, 0.4) is 0 Å². The molecule has 0 radical (unpaired) electrons. The minimum Gasteiger partial charge on any atom is -0.320 e. The molecule has 0 atom stereocenters. The minimum atomic E-state index is 0.920. The van der Waals surface area contributed by atoms with Crippen LogP contribution in [0.4, 0.5) is 0 Å². The van der Waals surface area contributed by atoms with Gasteiger partial charge in [0.05, 0.1) is 0 Å². The zero-order chi connectivity index (χ0) is 12.8. The molecule has 0 saturated carbocycles. The molecule has 1 aliphatic rings. The van der Waals surface area contributed by atoms with Crippen LogP contribution < -0.4 is 5.32 Å². The zero-order valence-electron chi connectivity index (χ0n) is 11.7. The van der Waals surface area contributed by atoms with Crippen LogP contribution >= 0.6 is 0 Å². The second kappa shape index (κ2) is 6.86. The SMILES string of the molecule is CNCCC1CCN(Cc2cnccc2C)CC1. The molecule has 3 nitrogen and oxygen atoms in total. The van der Waals surface area contributed by atoms with Gasteiger partial charge in [0, 0.05) is 18.9 Å². The van der Waals surface area contributed by atoms with E-state index in [-0.39, 0.29) is 0 Å². The average Bonchev–Trinajstić information content (AvgIpc) is 2.41. The number of piperidine rings is 1. The van der Waals surface area contributed by atoms with Gasteiger partial charge in [-0.15, -0.1) is 0 Å². The summed E-state index contributed by atoms with van der Waals surface area (Å²) in [5, 5.41) is 3.25. The summed E-state index contributed by atoms with van der Waals surface area (Å²) in [6, 6.07) is 2.11. The molecule has 0 unspecified atom stereocenters. The van der Waals surface area contributed by atoms with E-state index in [1.54, 1.807) is 0 Å². The van der Waals surface area contributed by atoms with E-state index in [0.717, 1.165) is 19.0 Å². The van der Waals surface area contributed by atoms with Gasteiger partial charge < -0.3 is 5.32 Å². The number of hydrogen-bond acceptors (Lipinski definition) is 3. The number of nitrogens with one attached hydrogen (secondary N) is 1. The van der Waals surface area contributed by atoms with Gasteiger partial charge in [-0.3, -0.25) is 9.88 Å². The molecule has 1 aromatic rings. The molecule has 1 N–H and O–H groups in total. The number of nitrogens with zero attached hydrogens (tertiary/aromatic N) is 2. The Kier molecular flexibility index (Phi) is 5.14. The van der Waals surface area contributed by atoms with E-state index in [4.69, 9.17) is 0 Å². The summed E-state index contributed by atoms with van der Waals surface area (Å²) < 4.78 is 0. The lowest BCUT2D eigenvalue weighted by molar-refractivity contribution is 0.172. The molecule has 1 aliphatic heterocycles. The molecule has 3 heteroatoms. The fourth-order valence-corrected chi connectivity index (χ4v) is 2.68. The van der Waals surface area contributed by atoms with Crippen LogP contribution in [-0.4, -0.2) is 36.6 Å². The van der Waals surface area contributed by atoms with Crippen LogP contribution in [0.15, 0.2) is 18.5 Å². The highest BCUT2D eigenvalue weighted by atomic mass is 15.1. The molecule has 1 saturated heterocycles. The number of hydrogen-bond donors (Lipinski definition) is 1. The topological polar surface area (TPSA) is 28.2 Å². The molecular weight excluding hydrogens is 222 g/mol. The van der Waals surface area contributed by atoms with E-state index >= 15 is 0 Å². The quantitative estimate of drug-likeness (QED) is 0.864. The maximum atomic E-state index is 4.23. The molecule has 0 aliphatic carbocycles. The lowest BCUT2D eigenvalue weighted by Gasteiger charge is -2.32. The van der Waals surface area contributed by atoms with E-state index in [1.807, 2.05) is 19.4 Å².